The van der Waals surface area contributed by atoms with Gasteiger partial charge in [0.1, 0.15) is 11.5 Å². The van der Waals surface area contributed by atoms with Crippen LogP contribution >= 0.6 is 0 Å². The quantitative estimate of drug-likeness (QED) is 0.208. The topological polar surface area (TPSA) is 97.2 Å². The van der Waals surface area contributed by atoms with E-state index in [9.17, 15) is 15.3 Å². The van der Waals surface area contributed by atoms with Gasteiger partial charge in [0.15, 0.2) is 0 Å². The normalized spacial score (nSPS) is 19.1. The number of methoxy groups -OCH3 is 2. The molecule has 6 rings (SSSR count). The maximum Gasteiger partial charge on any atom is 0.127 e. The number of benzene rings is 4. The summed E-state index contributed by atoms with van der Waals surface area (Å²) in [6, 6.07) is 24.1. The molecule has 4 aromatic carbocycles. The predicted octanol–water partition coefficient (Wildman–Crippen LogP) is 8.06. The number of fused-ring (bicyclic) bond motifs is 1. The van der Waals surface area contributed by atoms with Crippen molar-refractivity contribution in [2.75, 3.05) is 14.2 Å². The van der Waals surface area contributed by atoms with Crippen molar-refractivity contribution in [3.8, 4) is 40.2 Å². The third-order valence-corrected chi connectivity index (χ3v) is 10.5. The average molecular weight is 739 g/mol. The molecule has 4 aromatic rings. The number of hydrogen-bond donors (Lipinski definition) is 2. The number of ether oxygens (including phenoxy) is 3. The van der Waals surface area contributed by atoms with Crippen LogP contribution in [0.3, 0.4) is 0 Å². The van der Waals surface area contributed by atoms with Crippen LogP contribution in [0.1, 0.15) is 89.5 Å². The second kappa shape index (κ2) is 15.8. The van der Waals surface area contributed by atoms with E-state index in [0.717, 1.165) is 67.5 Å². The summed E-state index contributed by atoms with van der Waals surface area (Å²) in [4.78, 5) is 0. The van der Waals surface area contributed by atoms with E-state index in [2.05, 4.69) is 61.2 Å². The van der Waals surface area contributed by atoms with Crippen molar-refractivity contribution < 1.29 is 51.9 Å². The molecule has 2 N–H and O–H groups in total. The van der Waals surface area contributed by atoms with Gasteiger partial charge in [0.2, 0.25) is 0 Å². The van der Waals surface area contributed by atoms with E-state index < -0.39 is 0 Å². The van der Waals surface area contributed by atoms with Gasteiger partial charge in [0.05, 0.1) is 0 Å². The number of rotatable bonds is 6. The molecule has 0 unspecified atom stereocenters. The van der Waals surface area contributed by atoms with Crippen LogP contribution in [-0.2, 0) is 26.0 Å². The van der Waals surface area contributed by atoms with Crippen LogP contribution in [0.4, 0.5) is 0 Å². The number of aromatic hydroxyl groups is 2. The molecule has 0 bridgehead atoms. The van der Waals surface area contributed by atoms with Gasteiger partial charge in [-0.2, -0.15) is 0 Å². The monoisotopic (exact) mass is 738 g/mol. The van der Waals surface area contributed by atoms with Gasteiger partial charge in [-0.3, -0.25) is 0 Å². The molecule has 1 saturated heterocycles. The van der Waals surface area contributed by atoms with E-state index in [0.29, 0.717) is 29.3 Å². The Morgan fingerprint density at radius 3 is 1.49 bits per heavy atom. The zero-order valence-corrected chi connectivity index (χ0v) is 31.9. The molecule has 273 valence electrons. The van der Waals surface area contributed by atoms with Crippen LogP contribution < -0.4 is 19.3 Å². The molecule has 1 saturated carbocycles. The van der Waals surface area contributed by atoms with E-state index in [1.807, 2.05) is 54.6 Å². The van der Waals surface area contributed by atoms with Crippen molar-refractivity contribution in [2.45, 2.75) is 90.1 Å². The summed E-state index contributed by atoms with van der Waals surface area (Å²) >= 11 is 1.03. The van der Waals surface area contributed by atoms with E-state index in [1.54, 1.807) is 26.4 Å². The standard InChI is InChI=1S/C30H42N2O4.C12H10O2.Co/c1-29(2,3)23-15-21(35-7)13-19(27(23)33)17-31-25-11-9-10-12-26(25)32-18-20-14-22(36-8)16-24(28(20)34)30(4,5)6;13-10-6-8-12(9-7-10)14-11-4-2-1-3-5-11;/h13-18,25-26,33-34H,9-12H2,1-8H3;1-9,13H;/q;;+2/p-1/t25-,26-;;/m1../s1. The molecule has 0 aromatic heterocycles. The summed E-state index contributed by atoms with van der Waals surface area (Å²) in [5.74, 6) is 3.52. The minimum absolute atomic E-state index is 0.00888. The fourth-order valence-corrected chi connectivity index (χ4v) is 7.90. The molecule has 9 heteroatoms. The number of nitrogens with zero attached hydrogens (tertiary/aromatic N) is 2. The number of hydrogen-bond acceptors (Lipinski definition) is 6. The second-order valence-electron chi connectivity index (χ2n) is 15.0. The minimum Gasteiger partial charge on any atom is -0.872 e. The molecule has 2 fully saturated rings. The maximum absolute atomic E-state index is 11.2. The van der Waals surface area contributed by atoms with Gasteiger partial charge in [0, 0.05) is 0 Å². The Balaban J connectivity index is 0.000000299. The third-order valence-electron chi connectivity index (χ3n) is 9.08. The van der Waals surface area contributed by atoms with Gasteiger partial charge in [-0.25, -0.2) is 0 Å². The average Bonchev–Trinajstić information content (AvgIpc) is 3.43. The molecule has 1 aliphatic heterocycles. The van der Waals surface area contributed by atoms with Crippen molar-refractivity contribution in [3.05, 3.63) is 101 Å². The largest absolute Gasteiger partial charge is 0.872 e. The summed E-state index contributed by atoms with van der Waals surface area (Å²) in [6.45, 7) is 12.6. The Morgan fingerprint density at radius 2 is 1.08 bits per heavy atom. The zero-order chi connectivity index (χ0) is 36.9. The van der Waals surface area contributed by atoms with Crippen molar-refractivity contribution in [1.82, 2.24) is 0 Å². The minimum atomic E-state index is -0.217. The first-order valence-electron chi connectivity index (χ1n) is 17.4. The third kappa shape index (κ3) is 9.26. The summed E-state index contributed by atoms with van der Waals surface area (Å²) in [6.07, 6.45) is 8.71. The Kier molecular flexibility index (Phi) is 11.7. The van der Waals surface area contributed by atoms with E-state index in [4.69, 9.17) is 14.2 Å². The fraction of sp³-hybridized carbons (Fsp3) is 0.381. The van der Waals surface area contributed by atoms with E-state index in [-0.39, 0.29) is 16.6 Å². The first-order chi connectivity index (χ1) is 24.2. The van der Waals surface area contributed by atoms with Crippen molar-refractivity contribution in [3.63, 3.8) is 0 Å². The number of phenols is 2. The maximum atomic E-state index is 11.2. The Labute approximate surface area is 309 Å². The van der Waals surface area contributed by atoms with E-state index in [1.165, 1.54) is 25.0 Å². The van der Waals surface area contributed by atoms with Gasteiger partial charge in [0.25, 0.3) is 0 Å². The summed E-state index contributed by atoms with van der Waals surface area (Å²) in [7, 11) is 3.33. The Morgan fingerprint density at radius 1 is 0.647 bits per heavy atom. The molecular formula is C42H51CoN2O6+. The Bertz CT molecular complexity index is 1780. The van der Waals surface area contributed by atoms with Crippen LogP contribution in [0.25, 0.3) is 0 Å². The molecule has 2 atom stereocenters. The van der Waals surface area contributed by atoms with Gasteiger partial charge in [-0.05, 0) is 24.3 Å². The zero-order valence-electron chi connectivity index (χ0n) is 30.9. The van der Waals surface area contributed by atoms with Crippen LogP contribution in [0.2, 0.25) is 0 Å². The molecule has 51 heavy (non-hydrogen) atoms. The summed E-state index contributed by atoms with van der Waals surface area (Å²) < 4.78 is 21.3. The summed E-state index contributed by atoms with van der Waals surface area (Å²) in [5, 5.41) is 33.3. The first-order valence-corrected chi connectivity index (χ1v) is 18.3. The molecule has 8 nitrogen and oxygen atoms in total. The van der Waals surface area contributed by atoms with E-state index >= 15 is 0 Å². The predicted molar refractivity (Wildman–Crippen MR) is 196 cm³/mol. The molecule has 1 aliphatic carbocycles. The summed E-state index contributed by atoms with van der Waals surface area (Å²) in [5.41, 5.74) is 2.83. The SMILES string of the molecule is COc1cc(C=[N+]2[Co][N+](=Cc3cc(OC)cc(C(C)(C)C)c3O)[C@@H]3CCCC[C@H]32)c(O)c(C(C)(C)C)c1.[O-]c1ccc(Oc2ccccc2)cc1. The molecule has 2 aliphatic rings. The number of phenolic OH excluding ortho intramolecular Hbond substituents is 2. The molecule has 0 spiro atoms. The van der Waals surface area contributed by atoms with Gasteiger partial charge in [-0.15, -0.1) is 5.75 Å². The van der Waals surface area contributed by atoms with Crippen LogP contribution in [0, 0.1) is 0 Å². The molecule has 0 radical (unpaired) electrons. The van der Waals surface area contributed by atoms with Crippen LogP contribution in [-0.4, -0.2) is 56.2 Å². The fourth-order valence-electron chi connectivity index (χ4n) is 6.28. The van der Waals surface area contributed by atoms with Crippen molar-refractivity contribution in [1.29, 1.82) is 0 Å². The first kappa shape index (κ1) is 37.8. The molecule has 1 heterocycles. The van der Waals surface area contributed by atoms with Crippen LogP contribution in [0.15, 0.2) is 78.9 Å². The molecular weight excluding hydrogens is 687 g/mol. The Hall–Kier alpha value is -4.47. The van der Waals surface area contributed by atoms with Crippen molar-refractivity contribution in [2.24, 2.45) is 0 Å². The molecule has 0 amide bonds. The smallest absolute Gasteiger partial charge is 0.127 e. The van der Waals surface area contributed by atoms with Gasteiger partial charge < -0.3 is 9.84 Å². The van der Waals surface area contributed by atoms with Crippen molar-refractivity contribution >= 4 is 12.4 Å². The second-order valence-corrected chi connectivity index (χ2v) is 16.3. The van der Waals surface area contributed by atoms with Gasteiger partial charge in [-0.1, -0.05) is 30.3 Å². The number of para-hydroxylation sites is 1. The van der Waals surface area contributed by atoms with Gasteiger partial charge >= 0.3 is 228 Å². The van der Waals surface area contributed by atoms with Crippen LogP contribution in [0.5, 0.6) is 40.2 Å².